The molecule has 0 aromatic heterocycles. The highest BCUT2D eigenvalue weighted by molar-refractivity contribution is 5.76. The topological polar surface area (TPSA) is 43.9 Å². The summed E-state index contributed by atoms with van der Waals surface area (Å²) in [5, 5.41) is 0. The van der Waals surface area contributed by atoms with E-state index in [1.807, 2.05) is 0 Å². The molecule has 5 heteroatoms. The lowest BCUT2D eigenvalue weighted by Gasteiger charge is -2.23. The molecule has 0 saturated heterocycles. The van der Waals surface area contributed by atoms with Gasteiger partial charge < -0.3 is 9.80 Å². The standard InChI is InChI=1S/C63H119N3O2/c1-5-9-13-17-21-25-35-46-56-65(57-47-36-26-22-18-14-10-6-2)62(67)52-42-31-29-33-44-54-64(60-61-50-40-39-41-51-61)55-45-34-30-32-43-53-63(68)66(58-48-37-27-23-19-15-11-7-3)59-49-38-28-24-20-16-12-8-4/h39-41,50-51H,5-38,42-49,52-60H2,1-4H3. The van der Waals surface area contributed by atoms with Crippen LogP contribution in [-0.4, -0.2) is 65.8 Å². The van der Waals surface area contributed by atoms with E-state index in [4.69, 9.17) is 0 Å². The van der Waals surface area contributed by atoms with Gasteiger partial charge in [0.1, 0.15) is 0 Å². The molecular weight excluding hydrogens is 831 g/mol. The molecule has 0 fully saturated rings. The number of carbonyl (C=O) groups is 2. The van der Waals surface area contributed by atoms with Gasteiger partial charge in [0, 0.05) is 45.6 Å². The minimum atomic E-state index is 0.418. The predicted molar refractivity (Wildman–Crippen MR) is 301 cm³/mol. The van der Waals surface area contributed by atoms with Crippen LogP contribution in [0.3, 0.4) is 0 Å². The summed E-state index contributed by atoms with van der Waals surface area (Å²) in [6.07, 6.45) is 55.7. The largest absolute Gasteiger partial charge is 0.343 e. The van der Waals surface area contributed by atoms with Crippen molar-refractivity contribution in [2.24, 2.45) is 0 Å². The van der Waals surface area contributed by atoms with Gasteiger partial charge in [-0.05, 0) is 70.0 Å². The second kappa shape index (κ2) is 51.5. The number of hydrogen-bond acceptors (Lipinski definition) is 3. The summed E-state index contributed by atoms with van der Waals surface area (Å²) in [5.74, 6) is 0.836. The average Bonchev–Trinajstić information content (AvgIpc) is 3.35. The van der Waals surface area contributed by atoms with Gasteiger partial charge in [0.15, 0.2) is 0 Å². The molecule has 0 heterocycles. The summed E-state index contributed by atoms with van der Waals surface area (Å²) in [4.78, 5) is 34.1. The summed E-state index contributed by atoms with van der Waals surface area (Å²) in [7, 11) is 0. The second-order valence-electron chi connectivity index (χ2n) is 21.5. The quantitative estimate of drug-likeness (QED) is 0.0611. The predicted octanol–water partition coefficient (Wildman–Crippen LogP) is 19.4. The summed E-state index contributed by atoms with van der Waals surface area (Å²) in [6.45, 7) is 16.4. The van der Waals surface area contributed by atoms with Crippen LogP contribution in [-0.2, 0) is 16.1 Å². The first kappa shape index (κ1) is 64.1. The second-order valence-corrected chi connectivity index (χ2v) is 21.5. The Morgan fingerprint density at radius 3 is 0.809 bits per heavy atom. The number of benzene rings is 1. The molecule has 0 aliphatic heterocycles. The molecule has 68 heavy (non-hydrogen) atoms. The Morgan fingerprint density at radius 2 is 0.529 bits per heavy atom. The first-order chi connectivity index (χ1) is 33.5. The van der Waals surface area contributed by atoms with Crippen molar-refractivity contribution in [3.05, 3.63) is 35.9 Å². The average molecular weight is 951 g/mol. The highest BCUT2D eigenvalue weighted by Gasteiger charge is 2.15. The minimum Gasteiger partial charge on any atom is -0.343 e. The summed E-state index contributed by atoms with van der Waals surface area (Å²) in [5.41, 5.74) is 1.41. The zero-order valence-corrected chi connectivity index (χ0v) is 46.6. The van der Waals surface area contributed by atoms with Crippen LogP contribution < -0.4 is 0 Å². The van der Waals surface area contributed by atoms with E-state index in [1.54, 1.807) is 0 Å². The van der Waals surface area contributed by atoms with E-state index in [-0.39, 0.29) is 0 Å². The van der Waals surface area contributed by atoms with Crippen molar-refractivity contribution in [2.45, 2.75) is 317 Å². The summed E-state index contributed by atoms with van der Waals surface area (Å²) >= 11 is 0. The first-order valence-electron chi connectivity index (χ1n) is 30.9. The van der Waals surface area contributed by atoms with Crippen molar-refractivity contribution in [1.29, 1.82) is 0 Å². The van der Waals surface area contributed by atoms with Crippen LogP contribution in [0.15, 0.2) is 30.3 Å². The molecule has 0 bridgehead atoms. The van der Waals surface area contributed by atoms with E-state index in [0.717, 1.165) is 71.5 Å². The van der Waals surface area contributed by atoms with Gasteiger partial charge in [-0.2, -0.15) is 0 Å². The van der Waals surface area contributed by atoms with E-state index in [2.05, 4.69) is 72.7 Å². The third-order valence-electron chi connectivity index (χ3n) is 14.8. The molecular formula is C63H119N3O2. The minimum absolute atomic E-state index is 0.418. The third-order valence-corrected chi connectivity index (χ3v) is 14.8. The zero-order valence-electron chi connectivity index (χ0n) is 46.6. The van der Waals surface area contributed by atoms with Crippen molar-refractivity contribution >= 4 is 11.8 Å². The maximum absolute atomic E-state index is 13.5. The molecule has 0 saturated carbocycles. The number of amides is 2. The molecule has 0 atom stereocenters. The number of hydrogen-bond donors (Lipinski definition) is 0. The molecule has 2 amide bonds. The monoisotopic (exact) mass is 950 g/mol. The fourth-order valence-corrected chi connectivity index (χ4v) is 10.2. The number of rotatable bonds is 54. The lowest BCUT2D eigenvalue weighted by molar-refractivity contribution is -0.132. The SMILES string of the molecule is CCCCCCCCCCN(CCCCCCCCCC)C(=O)CCCCCCCN(CCCCCCCC(=O)N(CCCCCCCCCC)CCCCCCCCCC)Cc1ccccc1. The molecule has 0 spiro atoms. The first-order valence-corrected chi connectivity index (χ1v) is 30.9. The molecule has 5 nitrogen and oxygen atoms in total. The van der Waals surface area contributed by atoms with Gasteiger partial charge in [-0.1, -0.05) is 276 Å². The normalized spacial score (nSPS) is 11.5. The fraction of sp³-hybridized carbons (Fsp3) is 0.873. The smallest absolute Gasteiger partial charge is 0.222 e. The maximum atomic E-state index is 13.5. The van der Waals surface area contributed by atoms with Crippen molar-refractivity contribution < 1.29 is 9.59 Å². The number of carbonyl (C=O) groups excluding carboxylic acids is 2. The van der Waals surface area contributed by atoms with E-state index < -0.39 is 0 Å². The van der Waals surface area contributed by atoms with Crippen LogP contribution in [0, 0.1) is 0 Å². The van der Waals surface area contributed by atoms with Crippen molar-refractivity contribution in [1.82, 2.24) is 14.7 Å². The molecule has 0 N–H and O–H groups in total. The fourth-order valence-electron chi connectivity index (χ4n) is 10.2. The Bertz CT molecular complexity index is 1060. The van der Waals surface area contributed by atoms with Crippen LogP contribution in [0.5, 0.6) is 0 Å². The van der Waals surface area contributed by atoms with E-state index in [9.17, 15) is 9.59 Å². The number of nitrogens with zero attached hydrogens (tertiary/aromatic N) is 3. The van der Waals surface area contributed by atoms with Crippen molar-refractivity contribution in [3.8, 4) is 0 Å². The third kappa shape index (κ3) is 41.9. The lowest BCUT2D eigenvalue weighted by Crippen LogP contribution is -2.32. The molecule has 1 rings (SSSR count). The van der Waals surface area contributed by atoms with E-state index in [0.29, 0.717) is 11.8 Å². The molecule has 0 aliphatic rings. The van der Waals surface area contributed by atoms with Gasteiger partial charge in [0.2, 0.25) is 11.8 Å². The summed E-state index contributed by atoms with van der Waals surface area (Å²) in [6, 6.07) is 11.0. The van der Waals surface area contributed by atoms with E-state index >= 15 is 0 Å². The highest BCUT2D eigenvalue weighted by atomic mass is 16.2. The van der Waals surface area contributed by atoms with Crippen LogP contribution in [0.2, 0.25) is 0 Å². The van der Waals surface area contributed by atoms with Crippen LogP contribution in [0.25, 0.3) is 0 Å². The molecule has 398 valence electrons. The maximum Gasteiger partial charge on any atom is 0.222 e. The van der Waals surface area contributed by atoms with E-state index in [1.165, 1.54) is 262 Å². The molecule has 0 unspecified atom stereocenters. The van der Waals surface area contributed by atoms with Gasteiger partial charge in [-0.25, -0.2) is 0 Å². The highest BCUT2D eigenvalue weighted by Crippen LogP contribution is 2.17. The Kier molecular flexibility index (Phi) is 48.5. The number of unbranched alkanes of at least 4 members (excludes halogenated alkanes) is 36. The summed E-state index contributed by atoms with van der Waals surface area (Å²) < 4.78 is 0. The molecule has 0 aliphatic carbocycles. The lowest BCUT2D eigenvalue weighted by atomic mass is 10.1. The van der Waals surface area contributed by atoms with Gasteiger partial charge in [-0.15, -0.1) is 0 Å². The molecule has 0 radical (unpaired) electrons. The van der Waals surface area contributed by atoms with Crippen LogP contribution in [0.1, 0.15) is 316 Å². The van der Waals surface area contributed by atoms with Gasteiger partial charge in [0.05, 0.1) is 0 Å². The van der Waals surface area contributed by atoms with Gasteiger partial charge >= 0.3 is 0 Å². The van der Waals surface area contributed by atoms with Gasteiger partial charge in [0.25, 0.3) is 0 Å². The molecule has 1 aromatic rings. The Morgan fingerprint density at radius 1 is 0.294 bits per heavy atom. The van der Waals surface area contributed by atoms with Crippen LogP contribution in [0.4, 0.5) is 0 Å². The molecule has 1 aromatic carbocycles. The Balaban J connectivity index is 2.45. The zero-order chi connectivity index (χ0) is 49.1. The Hall–Kier alpha value is -1.88. The Labute approximate surface area is 426 Å². The van der Waals surface area contributed by atoms with Crippen molar-refractivity contribution in [2.75, 3.05) is 39.3 Å². The van der Waals surface area contributed by atoms with Crippen molar-refractivity contribution in [3.63, 3.8) is 0 Å². The van der Waals surface area contributed by atoms with Crippen LogP contribution >= 0.6 is 0 Å². The van der Waals surface area contributed by atoms with Gasteiger partial charge in [-0.3, -0.25) is 14.5 Å².